The number of likely N-dealkylation sites (tertiary alicyclic amines) is 1. The number of anilines is 2. The third-order valence-corrected chi connectivity index (χ3v) is 3.95. The van der Waals surface area contributed by atoms with Gasteiger partial charge in [0.2, 0.25) is 5.91 Å². The molecule has 2 saturated heterocycles. The van der Waals surface area contributed by atoms with Gasteiger partial charge in [0.05, 0.1) is 12.5 Å². The summed E-state index contributed by atoms with van der Waals surface area (Å²) in [5.74, 6) is -0.428. The quantitative estimate of drug-likeness (QED) is 0.747. The summed E-state index contributed by atoms with van der Waals surface area (Å²) in [5, 5.41) is 9.41. The van der Waals surface area contributed by atoms with Gasteiger partial charge in [-0.15, -0.1) is 13.2 Å². The number of amides is 1. The number of nitrogens with one attached hydrogen (secondary N) is 1. The van der Waals surface area contributed by atoms with Crippen LogP contribution in [0.15, 0.2) is 12.4 Å². The van der Waals surface area contributed by atoms with E-state index in [1.54, 1.807) is 15.9 Å². The Kier molecular flexibility index (Phi) is 6.34. The van der Waals surface area contributed by atoms with Crippen molar-refractivity contribution in [1.82, 2.24) is 14.9 Å². The van der Waals surface area contributed by atoms with Crippen LogP contribution in [0, 0.1) is 5.92 Å². The van der Waals surface area contributed by atoms with Gasteiger partial charge < -0.3 is 20.2 Å². The number of hydrogen-bond donors (Lipinski definition) is 2. The summed E-state index contributed by atoms with van der Waals surface area (Å²) >= 11 is 0. The maximum atomic E-state index is 12.5. The molecule has 7 nitrogen and oxygen atoms in total. The van der Waals surface area contributed by atoms with Crippen LogP contribution in [0.2, 0.25) is 0 Å². The predicted octanol–water partition coefficient (Wildman–Crippen LogP) is 1.62. The average Bonchev–Trinajstić information content (AvgIpc) is 2.38. The van der Waals surface area contributed by atoms with E-state index >= 15 is 0 Å². The van der Waals surface area contributed by atoms with E-state index in [2.05, 4.69) is 15.3 Å². The SMILES string of the molecule is O=C(CNc1cc(N2CC(C(F)(F)F)C2)ncn1)N1CCC1.OC(F)(F)F. The minimum Gasteiger partial charge on any atom is -0.361 e. The van der Waals surface area contributed by atoms with E-state index in [9.17, 15) is 31.1 Å². The van der Waals surface area contributed by atoms with Gasteiger partial charge in [-0.3, -0.25) is 4.79 Å². The zero-order chi connectivity index (χ0) is 20.2. The summed E-state index contributed by atoms with van der Waals surface area (Å²) < 4.78 is 67.2. The normalized spacial score (nSPS) is 17.4. The van der Waals surface area contributed by atoms with Gasteiger partial charge in [-0.1, -0.05) is 0 Å². The molecule has 0 spiro atoms. The molecule has 0 bridgehead atoms. The van der Waals surface area contributed by atoms with Gasteiger partial charge in [0.15, 0.2) is 0 Å². The van der Waals surface area contributed by atoms with Gasteiger partial charge in [0.1, 0.15) is 18.0 Å². The Balaban J connectivity index is 0.000000465. The van der Waals surface area contributed by atoms with Crippen molar-refractivity contribution < 1.29 is 36.2 Å². The lowest BCUT2D eigenvalue weighted by Gasteiger charge is -2.40. The number of rotatable bonds is 4. The van der Waals surface area contributed by atoms with Crippen LogP contribution < -0.4 is 10.2 Å². The number of halogens is 6. The lowest BCUT2D eigenvalue weighted by atomic mass is 10.00. The molecule has 0 radical (unpaired) electrons. The number of nitrogens with zero attached hydrogens (tertiary/aromatic N) is 4. The van der Waals surface area contributed by atoms with Gasteiger partial charge in [-0.05, 0) is 6.42 Å². The highest BCUT2D eigenvalue weighted by Gasteiger charge is 2.47. The molecule has 27 heavy (non-hydrogen) atoms. The van der Waals surface area contributed by atoms with Crippen molar-refractivity contribution in [1.29, 1.82) is 0 Å². The zero-order valence-electron chi connectivity index (χ0n) is 13.9. The molecule has 1 aromatic rings. The van der Waals surface area contributed by atoms with E-state index < -0.39 is 18.5 Å². The van der Waals surface area contributed by atoms with Crippen LogP contribution in [0.25, 0.3) is 0 Å². The molecular weight excluding hydrogens is 384 g/mol. The summed E-state index contributed by atoms with van der Waals surface area (Å²) in [6, 6.07) is 1.57. The van der Waals surface area contributed by atoms with E-state index in [4.69, 9.17) is 5.11 Å². The Labute approximate surface area is 150 Å². The highest BCUT2D eigenvalue weighted by atomic mass is 19.4. The van der Waals surface area contributed by atoms with Crippen molar-refractivity contribution in [3.63, 3.8) is 0 Å². The van der Waals surface area contributed by atoms with Crippen LogP contribution in [-0.2, 0) is 4.79 Å². The molecular formula is C14H17F6N5O2. The van der Waals surface area contributed by atoms with Crippen LogP contribution in [0.3, 0.4) is 0 Å². The second-order valence-corrected chi connectivity index (χ2v) is 5.96. The predicted molar refractivity (Wildman–Crippen MR) is 81.8 cm³/mol. The molecule has 0 aliphatic carbocycles. The number of aliphatic hydroxyl groups is 1. The minimum atomic E-state index is -5.00. The van der Waals surface area contributed by atoms with Crippen molar-refractivity contribution in [3.8, 4) is 0 Å². The highest BCUT2D eigenvalue weighted by Crippen LogP contribution is 2.35. The van der Waals surface area contributed by atoms with Gasteiger partial charge >= 0.3 is 12.5 Å². The van der Waals surface area contributed by atoms with Crippen molar-refractivity contribution in [3.05, 3.63) is 12.4 Å². The largest absolute Gasteiger partial charge is 0.519 e. The first-order valence-electron chi connectivity index (χ1n) is 7.88. The van der Waals surface area contributed by atoms with Crippen LogP contribution in [0.4, 0.5) is 38.0 Å². The van der Waals surface area contributed by atoms with Crippen molar-refractivity contribution in [2.24, 2.45) is 5.92 Å². The van der Waals surface area contributed by atoms with Gasteiger partial charge in [0, 0.05) is 32.2 Å². The Bertz CT molecular complexity index is 638. The fraction of sp³-hybridized carbons (Fsp3) is 0.643. The summed E-state index contributed by atoms with van der Waals surface area (Å²) in [6.45, 7) is 1.51. The number of carbonyl (C=O) groups excluding carboxylic acids is 1. The summed E-state index contributed by atoms with van der Waals surface area (Å²) in [6.07, 6.45) is -6.85. The maximum absolute atomic E-state index is 12.5. The molecule has 3 heterocycles. The summed E-state index contributed by atoms with van der Waals surface area (Å²) in [5.41, 5.74) is 0. The molecule has 152 valence electrons. The average molecular weight is 401 g/mol. The number of carbonyl (C=O) groups is 1. The number of aromatic nitrogens is 2. The van der Waals surface area contributed by atoms with Gasteiger partial charge in [-0.25, -0.2) is 9.97 Å². The molecule has 1 amide bonds. The van der Waals surface area contributed by atoms with Gasteiger partial charge in [0.25, 0.3) is 0 Å². The minimum absolute atomic E-state index is 0.00695. The molecule has 0 atom stereocenters. The molecule has 2 fully saturated rings. The van der Waals surface area contributed by atoms with Crippen molar-refractivity contribution in [2.45, 2.75) is 19.0 Å². The Morgan fingerprint density at radius 2 is 1.78 bits per heavy atom. The molecule has 2 aliphatic heterocycles. The Morgan fingerprint density at radius 1 is 1.19 bits per heavy atom. The third-order valence-electron chi connectivity index (χ3n) is 3.95. The fourth-order valence-electron chi connectivity index (χ4n) is 2.33. The lowest BCUT2D eigenvalue weighted by Crippen LogP contribution is -2.53. The van der Waals surface area contributed by atoms with Crippen LogP contribution in [0.1, 0.15) is 6.42 Å². The van der Waals surface area contributed by atoms with Crippen molar-refractivity contribution >= 4 is 17.5 Å². The lowest BCUT2D eigenvalue weighted by molar-refractivity contribution is -0.295. The van der Waals surface area contributed by atoms with Gasteiger partial charge in [-0.2, -0.15) is 13.2 Å². The standard InChI is InChI=1S/C13H16F3N5O.CHF3O/c14-13(15,16)9-6-21(7-9)11-4-10(18-8-19-11)17-5-12(22)20-2-1-3-20;2-1(3,4)5/h4,8-9H,1-3,5-7H2,(H,17,18,19);5H. The van der Waals surface area contributed by atoms with E-state index in [1.165, 1.54) is 6.33 Å². The maximum Gasteiger partial charge on any atom is 0.519 e. The molecule has 0 unspecified atom stereocenters. The molecule has 3 rings (SSSR count). The van der Waals surface area contributed by atoms with Crippen LogP contribution in [-0.4, -0.2) is 71.1 Å². The first-order chi connectivity index (χ1) is 12.4. The van der Waals surface area contributed by atoms with E-state index in [0.717, 1.165) is 19.5 Å². The molecule has 1 aromatic heterocycles. The third kappa shape index (κ3) is 6.73. The highest BCUT2D eigenvalue weighted by molar-refractivity contribution is 5.81. The van der Waals surface area contributed by atoms with Crippen molar-refractivity contribution in [2.75, 3.05) is 42.9 Å². The summed E-state index contributed by atoms with van der Waals surface area (Å²) in [4.78, 5) is 23.0. The second kappa shape index (κ2) is 8.15. The first-order valence-corrected chi connectivity index (χ1v) is 7.88. The monoisotopic (exact) mass is 401 g/mol. The Hall–Kier alpha value is -2.31. The topological polar surface area (TPSA) is 81.6 Å². The second-order valence-electron chi connectivity index (χ2n) is 5.96. The number of hydrogen-bond acceptors (Lipinski definition) is 6. The molecule has 2 aliphatic rings. The van der Waals surface area contributed by atoms with E-state index in [1.807, 2.05) is 0 Å². The molecule has 13 heteroatoms. The smallest absolute Gasteiger partial charge is 0.361 e. The molecule has 0 aromatic carbocycles. The summed E-state index contributed by atoms with van der Waals surface area (Å²) in [7, 11) is 0. The van der Waals surface area contributed by atoms with Crippen LogP contribution in [0.5, 0.6) is 0 Å². The fourth-order valence-corrected chi connectivity index (χ4v) is 2.33. The number of alkyl halides is 6. The first kappa shape index (κ1) is 21.0. The zero-order valence-corrected chi connectivity index (χ0v) is 13.9. The van der Waals surface area contributed by atoms with E-state index in [-0.39, 0.29) is 25.5 Å². The Morgan fingerprint density at radius 3 is 2.26 bits per heavy atom. The van der Waals surface area contributed by atoms with Crippen LogP contribution >= 0.6 is 0 Å². The molecule has 0 saturated carbocycles. The van der Waals surface area contributed by atoms with E-state index in [0.29, 0.717) is 11.6 Å². The molecule has 2 N–H and O–H groups in total.